The number of hydrogen-bond donors (Lipinski definition) is 1. The summed E-state index contributed by atoms with van der Waals surface area (Å²) in [6.45, 7) is 3.87. The van der Waals surface area contributed by atoms with Crippen LogP contribution in [0.15, 0.2) is 64.2 Å². The predicted octanol–water partition coefficient (Wildman–Crippen LogP) is 5.05. The van der Waals surface area contributed by atoms with Gasteiger partial charge < -0.3 is 10.2 Å². The van der Waals surface area contributed by atoms with E-state index >= 15 is 0 Å². The van der Waals surface area contributed by atoms with Crippen molar-refractivity contribution in [2.45, 2.75) is 24.8 Å². The number of halogens is 1. The zero-order valence-corrected chi connectivity index (χ0v) is 21.7. The smallest absolute Gasteiger partial charge is 0.278 e. The molecule has 0 saturated carbocycles. The van der Waals surface area contributed by atoms with E-state index in [1.807, 2.05) is 87.4 Å². The lowest BCUT2D eigenvalue weighted by atomic mass is 10.2. The van der Waals surface area contributed by atoms with Crippen molar-refractivity contribution in [3.63, 3.8) is 0 Å². The normalized spacial score (nSPS) is 10.9. The first-order valence-electron chi connectivity index (χ1n) is 10.5. The number of carbonyl (C=O) groups is 1. The summed E-state index contributed by atoms with van der Waals surface area (Å²) >= 11 is 4.90. The first-order valence-corrected chi connectivity index (χ1v) is 12.3. The van der Waals surface area contributed by atoms with Crippen LogP contribution in [0.25, 0.3) is 5.69 Å². The molecule has 174 valence electrons. The molecular weight excluding hydrogens is 514 g/mol. The molecule has 0 spiro atoms. The fourth-order valence-electron chi connectivity index (χ4n) is 3.32. The van der Waals surface area contributed by atoms with Gasteiger partial charge in [0.2, 0.25) is 0 Å². The lowest BCUT2D eigenvalue weighted by Gasteiger charge is -2.13. The highest BCUT2D eigenvalue weighted by molar-refractivity contribution is 9.10. The van der Waals surface area contributed by atoms with Gasteiger partial charge in [-0.25, -0.2) is 14.6 Å². The average Bonchev–Trinajstić information content (AvgIpc) is 3.22. The first-order chi connectivity index (χ1) is 16.3. The van der Waals surface area contributed by atoms with Crippen LogP contribution >= 0.6 is 27.7 Å². The lowest BCUT2D eigenvalue weighted by molar-refractivity contribution is 0.102. The predicted molar refractivity (Wildman–Crippen MR) is 139 cm³/mol. The van der Waals surface area contributed by atoms with E-state index in [4.69, 9.17) is 0 Å². The molecule has 34 heavy (non-hydrogen) atoms. The Hall–Kier alpha value is -3.24. The summed E-state index contributed by atoms with van der Waals surface area (Å²) in [6.07, 6.45) is 0. The van der Waals surface area contributed by atoms with E-state index in [2.05, 4.69) is 41.5 Å². The summed E-state index contributed by atoms with van der Waals surface area (Å²) in [5.74, 6) is 0.103. The molecule has 0 fully saturated rings. The van der Waals surface area contributed by atoms with Crippen molar-refractivity contribution in [2.24, 2.45) is 0 Å². The Balaban J connectivity index is 1.64. The van der Waals surface area contributed by atoms with Gasteiger partial charge in [-0.05, 0) is 68.4 Å². The lowest BCUT2D eigenvalue weighted by Crippen LogP contribution is -2.15. The molecular formula is C24H24BrN7OS. The van der Waals surface area contributed by atoms with Crippen LogP contribution in [0.4, 0.5) is 11.4 Å². The highest BCUT2D eigenvalue weighted by Gasteiger charge is 2.22. The Morgan fingerprint density at radius 3 is 2.29 bits per heavy atom. The molecule has 0 unspecified atom stereocenters. The second kappa shape index (κ2) is 10.4. The van der Waals surface area contributed by atoms with Crippen LogP contribution < -0.4 is 10.2 Å². The fourth-order valence-corrected chi connectivity index (χ4v) is 4.53. The molecule has 2 heterocycles. The maximum absolute atomic E-state index is 13.2. The Morgan fingerprint density at radius 1 is 1.03 bits per heavy atom. The van der Waals surface area contributed by atoms with Crippen LogP contribution in [0.5, 0.6) is 0 Å². The summed E-state index contributed by atoms with van der Waals surface area (Å²) in [6, 6.07) is 17.2. The van der Waals surface area contributed by atoms with E-state index in [1.165, 1.54) is 11.8 Å². The van der Waals surface area contributed by atoms with Gasteiger partial charge in [-0.1, -0.05) is 32.9 Å². The molecule has 0 bridgehead atoms. The third-order valence-corrected chi connectivity index (χ3v) is 6.38. The topological polar surface area (TPSA) is 88.8 Å². The van der Waals surface area contributed by atoms with Gasteiger partial charge in [0.25, 0.3) is 5.91 Å². The van der Waals surface area contributed by atoms with E-state index < -0.39 is 0 Å². The average molecular weight is 538 g/mol. The summed E-state index contributed by atoms with van der Waals surface area (Å²) in [5, 5.41) is 12.1. The highest BCUT2D eigenvalue weighted by atomic mass is 79.9. The number of nitrogens with one attached hydrogen (secondary N) is 1. The van der Waals surface area contributed by atoms with Crippen molar-refractivity contribution in [1.29, 1.82) is 0 Å². The quantitative estimate of drug-likeness (QED) is 0.260. The Kier molecular flexibility index (Phi) is 7.28. The maximum Gasteiger partial charge on any atom is 0.278 e. The Labute approximate surface area is 210 Å². The standard InChI is InChI=1S/C24H24BrN7OS/c1-15-13-16(2)27-24(26-15)34-14-21-22(29-30-32(21)20-9-5-17(25)6-10-20)23(33)28-18-7-11-19(12-8-18)31(3)4/h5-13H,14H2,1-4H3,(H,28,33). The maximum atomic E-state index is 13.2. The number of thioether (sulfide) groups is 1. The monoisotopic (exact) mass is 537 g/mol. The minimum atomic E-state index is -0.321. The van der Waals surface area contributed by atoms with Gasteiger partial charge >= 0.3 is 0 Å². The van der Waals surface area contributed by atoms with Crippen LogP contribution in [0.3, 0.4) is 0 Å². The molecule has 0 aliphatic heterocycles. The van der Waals surface area contributed by atoms with Crippen LogP contribution in [0, 0.1) is 13.8 Å². The summed E-state index contributed by atoms with van der Waals surface area (Å²) < 4.78 is 2.64. The number of rotatable bonds is 7. The van der Waals surface area contributed by atoms with E-state index in [0.717, 1.165) is 27.2 Å². The van der Waals surface area contributed by atoms with Crippen LogP contribution in [-0.4, -0.2) is 45.0 Å². The molecule has 0 radical (unpaired) electrons. The molecule has 0 aliphatic rings. The molecule has 0 atom stereocenters. The second-order valence-corrected chi connectivity index (χ2v) is 9.75. The van der Waals surface area contributed by atoms with Gasteiger partial charge in [-0.15, -0.1) is 5.10 Å². The van der Waals surface area contributed by atoms with E-state index in [-0.39, 0.29) is 11.6 Å². The van der Waals surface area contributed by atoms with Crippen molar-refractivity contribution in [3.8, 4) is 5.69 Å². The zero-order valence-electron chi connectivity index (χ0n) is 19.3. The Morgan fingerprint density at radius 2 is 1.68 bits per heavy atom. The zero-order chi connectivity index (χ0) is 24.2. The number of anilines is 2. The summed E-state index contributed by atoms with van der Waals surface area (Å²) in [5.41, 5.74) is 5.26. The third-order valence-electron chi connectivity index (χ3n) is 4.99. The van der Waals surface area contributed by atoms with Crippen LogP contribution in [0.1, 0.15) is 27.6 Å². The largest absolute Gasteiger partial charge is 0.378 e. The van der Waals surface area contributed by atoms with Gasteiger partial charge in [-0.3, -0.25) is 4.79 Å². The molecule has 10 heteroatoms. The Bertz CT molecular complexity index is 1280. The van der Waals surface area contributed by atoms with E-state index in [0.29, 0.717) is 22.3 Å². The number of benzene rings is 2. The fraction of sp³-hybridized carbons (Fsp3) is 0.208. The van der Waals surface area contributed by atoms with Crippen molar-refractivity contribution in [3.05, 3.63) is 81.8 Å². The van der Waals surface area contributed by atoms with Gasteiger partial charge in [0.05, 0.1) is 11.4 Å². The van der Waals surface area contributed by atoms with Gasteiger partial charge in [-0.2, -0.15) is 0 Å². The molecule has 0 saturated heterocycles. The molecule has 0 aliphatic carbocycles. The summed E-state index contributed by atoms with van der Waals surface area (Å²) in [7, 11) is 3.94. The molecule has 2 aromatic heterocycles. The van der Waals surface area contributed by atoms with Gasteiger partial charge in [0.15, 0.2) is 10.9 Å². The van der Waals surface area contributed by atoms with Crippen molar-refractivity contribution >= 4 is 45.0 Å². The molecule has 8 nitrogen and oxygen atoms in total. The molecule has 1 amide bonds. The van der Waals surface area contributed by atoms with Gasteiger partial charge in [0, 0.05) is 47.1 Å². The number of amides is 1. The minimum Gasteiger partial charge on any atom is -0.378 e. The molecule has 1 N–H and O–H groups in total. The third kappa shape index (κ3) is 5.63. The first kappa shape index (κ1) is 23.9. The van der Waals surface area contributed by atoms with Gasteiger partial charge in [0.1, 0.15) is 0 Å². The number of nitrogens with zero attached hydrogens (tertiary/aromatic N) is 6. The SMILES string of the molecule is Cc1cc(C)nc(SCc2c(C(=O)Nc3ccc(N(C)C)cc3)nnn2-c2ccc(Br)cc2)n1. The van der Waals surface area contributed by atoms with Crippen LogP contribution in [0.2, 0.25) is 0 Å². The highest BCUT2D eigenvalue weighted by Crippen LogP contribution is 2.25. The number of aromatic nitrogens is 5. The van der Waals surface area contributed by atoms with Crippen molar-refractivity contribution < 1.29 is 4.79 Å². The molecule has 4 rings (SSSR count). The van der Waals surface area contributed by atoms with Crippen molar-refractivity contribution in [1.82, 2.24) is 25.0 Å². The number of aryl methyl sites for hydroxylation is 2. The van der Waals surface area contributed by atoms with E-state index in [1.54, 1.807) is 4.68 Å². The molecule has 2 aromatic carbocycles. The van der Waals surface area contributed by atoms with Crippen LogP contribution in [-0.2, 0) is 5.75 Å². The second-order valence-electron chi connectivity index (χ2n) is 7.89. The number of hydrogen-bond acceptors (Lipinski definition) is 7. The number of carbonyl (C=O) groups excluding carboxylic acids is 1. The van der Waals surface area contributed by atoms with E-state index in [9.17, 15) is 4.79 Å². The summed E-state index contributed by atoms with van der Waals surface area (Å²) in [4.78, 5) is 24.2. The van der Waals surface area contributed by atoms with Crippen molar-refractivity contribution in [2.75, 3.05) is 24.3 Å². The minimum absolute atomic E-state index is 0.261. The molecule has 4 aromatic rings.